The van der Waals surface area contributed by atoms with Crippen LogP contribution >= 0.6 is 11.6 Å². The molecule has 1 unspecified atom stereocenters. The number of nitrogens with zero attached hydrogens (tertiary/aromatic N) is 2. The van der Waals surface area contributed by atoms with Crippen LogP contribution in [-0.4, -0.2) is 64.9 Å². The van der Waals surface area contributed by atoms with Gasteiger partial charge in [-0.25, -0.2) is 9.86 Å². The summed E-state index contributed by atoms with van der Waals surface area (Å²) in [5.41, 5.74) is -1.03. The Balaban J connectivity index is 1.96. The van der Waals surface area contributed by atoms with Gasteiger partial charge < -0.3 is 10.1 Å². The van der Waals surface area contributed by atoms with Crippen molar-refractivity contribution in [3.63, 3.8) is 0 Å². The highest BCUT2D eigenvalue weighted by molar-refractivity contribution is 7.73. The van der Waals surface area contributed by atoms with Crippen LogP contribution in [0.25, 0.3) is 0 Å². The van der Waals surface area contributed by atoms with E-state index in [1.54, 1.807) is 36.4 Å². The molecule has 1 atom stereocenters. The van der Waals surface area contributed by atoms with Gasteiger partial charge in [0.1, 0.15) is 27.9 Å². The molecule has 1 saturated heterocycles. The summed E-state index contributed by atoms with van der Waals surface area (Å²) in [5, 5.41) is 13.4. The van der Waals surface area contributed by atoms with Crippen molar-refractivity contribution in [2.45, 2.75) is 31.8 Å². The quantitative estimate of drug-likeness (QED) is 0.133. The van der Waals surface area contributed by atoms with Crippen molar-refractivity contribution >= 4 is 45.1 Å². The Hall–Kier alpha value is -3.41. The number of para-hydroxylation sites is 1. The second kappa shape index (κ2) is 10.2. The highest BCUT2D eigenvalue weighted by atomic mass is 35.5. The summed E-state index contributed by atoms with van der Waals surface area (Å²) in [6.45, 7) is 2.82. The van der Waals surface area contributed by atoms with E-state index in [1.807, 2.05) is 0 Å². The molecule has 0 aromatic heterocycles. The molecule has 4 amide bonds. The van der Waals surface area contributed by atoms with Crippen molar-refractivity contribution < 1.29 is 32.7 Å². The van der Waals surface area contributed by atoms with E-state index in [1.165, 1.54) is 26.0 Å². The third-order valence-electron chi connectivity index (χ3n) is 5.17. The van der Waals surface area contributed by atoms with Gasteiger partial charge in [0.25, 0.3) is 5.91 Å². The maximum atomic E-state index is 12.5. The molecule has 0 spiro atoms. The number of hydroxylamine groups is 2. The standard InChI is InChI=1S/C22H22ClN3O7S/c1-22(2)20(28)25(21(29)24-22)12-11-17(26(30)13-27)19(34(31)32)16-5-3-4-6-18(16)33-15-9-7-14(23)8-10-15/h3-10,13,17,30H,11-12H2,1-2H3,(H,24,29). The highest BCUT2D eigenvalue weighted by Crippen LogP contribution is 2.29. The number of nitrogens with one attached hydrogen (secondary N) is 1. The second-order valence-corrected chi connectivity index (χ2v) is 9.30. The summed E-state index contributed by atoms with van der Waals surface area (Å²) < 4.78 is 30.5. The van der Waals surface area contributed by atoms with Crippen LogP contribution in [0.15, 0.2) is 48.5 Å². The fraction of sp³-hybridized carbons (Fsp3) is 0.273. The van der Waals surface area contributed by atoms with E-state index in [2.05, 4.69) is 5.32 Å². The Labute approximate surface area is 202 Å². The average molecular weight is 508 g/mol. The Morgan fingerprint density at radius 1 is 1.21 bits per heavy atom. The molecule has 2 aromatic carbocycles. The van der Waals surface area contributed by atoms with Gasteiger partial charge in [-0.1, -0.05) is 23.7 Å². The number of ether oxygens (including phenoxy) is 1. The number of amides is 4. The molecule has 0 bridgehead atoms. The minimum atomic E-state index is -2.91. The van der Waals surface area contributed by atoms with Gasteiger partial charge >= 0.3 is 6.03 Å². The van der Waals surface area contributed by atoms with E-state index < -0.39 is 33.8 Å². The zero-order valence-electron chi connectivity index (χ0n) is 18.3. The molecule has 12 heteroatoms. The van der Waals surface area contributed by atoms with E-state index in [0.29, 0.717) is 10.8 Å². The molecular formula is C22H22ClN3O7S. The van der Waals surface area contributed by atoms with Crippen LogP contribution in [0, 0.1) is 0 Å². The zero-order valence-corrected chi connectivity index (χ0v) is 19.8. The number of rotatable bonds is 9. The summed E-state index contributed by atoms with van der Waals surface area (Å²) in [4.78, 5) is 36.6. The predicted molar refractivity (Wildman–Crippen MR) is 123 cm³/mol. The molecule has 2 N–H and O–H groups in total. The zero-order chi connectivity index (χ0) is 25.0. The van der Waals surface area contributed by atoms with Gasteiger partial charge in [0.15, 0.2) is 0 Å². The lowest BCUT2D eigenvalue weighted by atomic mass is 10.0. The summed E-state index contributed by atoms with van der Waals surface area (Å²) in [6.07, 6.45) is -0.195. The molecule has 2 aromatic rings. The normalized spacial score (nSPS) is 15.5. The number of imide groups is 1. The molecule has 1 aliphatic heterocycles. The van der Waals surface area contributed by atoms with Gasteiger partial charge in [-0.2, -0.15) is 8.42 Å². The molecule has 1 heterocycles. The van der Waals surface area contributed by atoms with Crippen LogP contribution < -0.4 is 10.1 Å². The molecule has 0 radical (unpaired) electrons. The SMILES string of the molecule is CC1(C)NC(=O)N(CCC(C(c2ccccc2Oc2ccc(Cl)cc2)=S(=O)=O)N(O)C=O)C1=O. The van der Waals surface area contributed by atoms with Crippen LogP contribution in [-0.2, 0) is 19.9 Å². The molecular weight excluding hydrogens is 486 g/mol. The topological polar surface area (TPSA) is 133 Å². The van der Waals surface area contributed by atoms with Crippen LogP contribution in [0.4, 0.5) is 4.79 Å². The molecule has 3 rings (SSSR count). The van der Waals surface area contributed by atoms with Gasteiger partial charge in [0.05, 0.1) is 0 Å². The van der Waals surface area contributed by atoms with Crippen molar-refractivity contribution in [2.75, 3.05) is 6.54 Å². The molecule has 34 heavy (non-hydrogen) atoms. The number of carbonyl (C=O) groups excluding carboxylic acids is 3. The minimum Gasteiger partial charge on any atom is -0.457 e. The average Bonchev–Trinajstić information content (AvgIpc) is 2.99. The molecule has 0 aliphatic carbocycles. The summed E-state index contributed by atoms with van der Waals surface area (Å²) in [5.74, 6) is 0.00907. The van der Waals surface area contributed by atoms with Crippen molar-refractivity contribution in [2.24, 2.45) is 0 Å². The molecule has 180 valence electrons. The summed E-state index contributed by atoms with van der Waals surface area (Å²) >= 11 is 5.89. The Morgan fingerprint density at radius 3 is 2.41 bits per heavy atom. The number of benzene rings is 2. The van der Waals surface area contributed by atoms with Gasteiger partial charge in [-0.05, 0) is 56.7 Å². The Bertz CT molecular complexity index is 1240. The first-order valence-electron chi connectivity index (χ1n) is 10.1. The van der Waals surface area contributed by atoms with Gasteiger partial charge in [0, 0.05) is 17.1 Å². The van der Waals surface area contributed by atoms with E-state index in [9.17, 15) is 28.0 Å². The monoisotopic (exact) mass is 507 g/mol. The third-order valence-corrected chi connectivity index (χ3v) is 6.28. The first-order chi connectivity index (χ1) is 16.0. The van der Waals surface area contributed by atoms with Gasteiger partial charge in [-0.15, -0.1) is 0 Å². The number of hydrogen-bond donors (Lipinski definition) is 2. The maximum Gasteiger partial charge on any atom is 0.325 e. The van der Waals surface area contributed by atoms with Crippen molar-refractivity contribution in [3.8, 4) is 11.5 Å². The van der Waals surface area contributed by atoms with Crippen LogP contribution in [0.2, 0.25) is 5.02 Å². The first kappa shape index (κ1) is 25.2. The molecule has 1 aliphatic rings. The Morgan fingerprint density at radius 2 is 1.85 bits per heavy atom. The van der Waals surface area contributed by atoms with Crippen molar-refractivity contribution in [1.82, 2.24) is 15.3 Å². The van der Waals surface area contributed by atoms with Crippen LogP contribution in [0.1, 0.15) is 25.8 Å². The predicted octanol–water partition coefficient (Wildman–Crippen LogP) is 2.47. The lowest BCUT2D eigenvalue weighted by molar-refractivity contribution is -0.154. The number of urea groups is 1. The molecule has 0 saturated carbocycles. The third kappa shape index (κ3) is 5.38. The first-order valence-corrected chi connectivity index (χ1v) is 11.6. The lowest BCUT2D eigenvalue weighted by Crippen LogP contribution is -2.44. The maximum absolute atomic E-state index is 12.5. The van der Waals surface area contributed by atoms with Crippen LogP contribution in [0.5, 0.6) is 11.5 Å². The summed E-state index contributed by atoms with van der Waals surface area (Å²) in [6, 6.07) is 10.5. The van der Waals surface area contributed by atoms with Crippen LogP contribution in [0.3, 0.4) is 0 Å². The van der Waals surface area contributed by atoms with E-state index >= 15 is 0 Å². The second-order valence-electron chi connectivity index (χ2n) is 7.95. The van der Waals surface area contributed by atoms with E-state index in [0.717, 1.165) is 4.90 Å². The van der Waals surface area contributed by atoms with Gasteiger partial charge in [0.2, 0.25) is 16.7 Å². The lowest BCUT2D eigenvalue weighted by Gasteiger charge is -2.25. The molecule has 10 nitrogen and oxygen atoms in total. The van der Waals surface area contributed by atoms with E-state index in [4.69, 9.17) is 16.3 Å². The smallest absolute Gasteiger partial charge is 0.325 e. The minimum absolute atomic E-state index is 0.0516. The number of carbonyl (C=O) groups is 3. The van der Waals surface area contributed by atoms with Crippen molar-refractivity contribution in [1.29, 1.82) is 0 Å². The van der Waals surface area contributed by atoms with Gasteiger partial charge in [-0.3, -0.25) is 19.7 Å². The van der Waals surface area contributed by atoms with Crippen molar-refractivity contribution in [3.05, 3.63) is 59.1 Å². The fourth-order valence-corrected chi connectivity index (χ4v) is 4.42. The number of hydrogen-bond acceptors (Lipinski definition) is 7. The molecule has 1 fully saturated rings. The fourth-order valence-electron chi connectivity index (χ4n) is 3.50. The van der Waals surface area contributed by atoms with E-state index in [-0.39, 0.29) is 40.6 Å². The number of halogens is 1. The largest absolute Gasteiger partial charge is 0.457 e. The Kier molecular flexibility index (Phi) is 7.60. The summed E-state index contributed by atoms with van der Waals surface area (Å²) in [7, 11) is -2.91. The highest BCUT2D eigenvalue weighted by Gasteiger charge is 2.44.